The van der Waals surface area contributed by atoms with Gasteiger partial charge in [-0.3, -0.25) is 5.32 Å². The van der Waals surface area contributed by atoms with Crippen LogP contribution in [0.2, 0.25) is 0 Å². The van der Waals surface area contributed by atoms with Crippen LogP contribution < -0.4 is 5.32 Å². The number of anilines is 2. The summed E-state index contributed by atoms with van der Waals surface area (Å²) in [5.41, 5.74) is 1.61. The van der Waals surface area contributed by atoms with E-state index < -0.39 is 0 Å². The zero-order valence-corrected chi connectivity index (χ0v) is 14.1. The first-order valence-corrected chi connectivity index (χ1v) is 9.07. The molecule has 0 saturated carbocycles. The summed E-state index contributed by atoms with van der Waals surface area (Å²) in [5.74, 6) is 0.0131. The third-order valence-corrected chi connectivity index (χ3v) is 5.04. The molecule has 4 rings (SSSR count). The minimum Gasteiger partial charge on any atom is -0.403 e. The maximum absolute atomic E-state index is 13.0. The summed E-state index contributed by atoms with van der Waals surface area (Å²) in [5, 5.41) is 11.6. The Bertz CT molecular complexity index is 997. The molecular weight excluding hydrogens is 347 g/mol. The van der Waals surface area contributed by atoms with Crippen molar-refractivity contribution in [3.8, 4) is 11.5 Å². The number of benzene rings is 2. The Morgan fingerprint density at radius 1 is 1.12 bits per heavy atom. The van der Waals surface area contributed by atoms with Crippen LogP contribution in [0, 0.1) is 5.82 Å². The van der Waals surface area contributed by atoms with Gasteiger partial charge in [0.1, 0.15) is 5.82 Å². The zero-order chi connectivity index (χ0) is 16.5. The summed E-state index contributed by atoms with van der Waals surface area (Å²) in [6.45, 7) is 0. The van der Waals surface area contributed by atoms with Crippen LogP contribution in [0.25, 0.3) is 21.7 Å². The number of hydrogen-bond donors (Lipinski definition) is 1. The largest absolute Gasteiger partial charge is 0.403 e. The fourth-order valence-electron chi connectivity index (χ4n) is 2.22. The highest BCUT2D eigenvalue weighted by Gasteiger charge is 2.12. The molecule has 0 aliphatic carbocycles. The topological polar surface area (TPSA) is 63.8 Å². The molecule has 0 aliphatic rings. The predicted molar refractivity (Wildman–Crippen MR) is 94.4 cm³/mol. The minimum absolute atomic E-state index is 0.249. The summed E-state index contributed by atoms with van der Waals surface area (Å²) in [6.07, 6.45) is 2.02. The molecule has 24 heavy (non-hydrogen) atoms. The number of halogens is 1. The summed E-state index contributed by atoms with van der Waals surface area (Å²) in [4.78, 5) is 5.70. The van der Waals surface area contributed by atoms with Gasteiger partial charge < -0.3 is 4.42 Å². The number of para-hydroxylation sites is 1. The first kappa shape index (κ1) is 15.1. The summed E-state index contributed by atoms with van der Waals surface area (Å²) in [6, 6.07) is 12.2. The van der Waals surface area contributed by atoms with Crippen molar-refractivity contribution in [1.82, 2.24) is 15.2 Å². The highest BCUT2D eigenvalue weighted by Crippen LogP contribution is 2.33. The molecule has 0 amide bonds. The van der Waals surface area contributed by atoms with Gasteiger partial charge in [-0.05, 0) is 42.7 Å². The number of fused-ring (bicyclic) bond motifs is 1. The molecule has 120 valence electrons. The van der Waals surface area contributed by atoms with Gasteiger partial charge in [-0.25, -0.2) is 9.37 Å². The molecule has 0 saturated heterocycles. The lowest BCUT2D eigenvalue weighted by molar-refractivity contribution is 0.587. The quantitative estimate of drug-likeness (QED) is 0.521. The van der Waals surface area contributed by atoms with Crippen molar-refractivity contribution >= 4 is 44.5 Å². The lowest BCUT2D eigenvalue weighted by Gasteiger charge is -1.95. The second-order valence-corrected chi connectivity index (χ2v) is 6.75. The van der Waals surface area contributed by atoms with E-state index in [-0.39, 0.29) is 11.8 Å². The van der Waals surface area contributed by atoms with Crippen LogP contribution in [0.4, 0.5) is 15.5 Å². The number of nitrogens with zero attached hydrogens (tertiary/aromatic N) is 3. The third-order valence-electron chi connectivity index (χ3n) is 3.33. The molecule has 0 atom stereocenters. The number of thiazole rings is 1. The monoisotopic (exact) mass is 358 g/mol. The Kier molecular flexibility index (Phi) is 3.91. The van der Waals surface area contributed by atoms with Crippen molar-refractivity contribution in [2.45, 2.75) is 4.90 Å². The van der Waals surface area contributed by atoms with Crippen LogP contribution in [-0.4, -0.2) is 21.4 Å². The molecule has 5 nitrogen and oxygen atoms in total. The van der Waals surface area contributed by atoms with Crippen LogP contribution in [0.3, 0.4) is 0 Å². The molecule has 0 radical (unpaired) electrons. The van der Waals surface area contributed by atoms with Gasteiger partial charge in [-0.2, -0.15) is 0 Å². The Balaban J connectivity index is 1.61. The van der Waals surface area contributed by atoms with E-state index in [2.05, 4.69) is 20.5 Å². The summed E-state index contributed by atoms with van der Waals surface area (Å²) < 4.78 is 19.6. The average Bonchev–Trinajstić information content (AvgIpc) is 3.22. The van der Waals surface area contributed by atoms with Gasteiger partial charge in [0.05, 0.1) is 10.2 Å². The molecule has 1 N–H and O–H groups in total. The molecule has 0 fully saturated rings. The van der Waals surface area contributed by atoms with E-state index in [4.69, 9.17) is 4.42 Å². The molecule has 0 bridgehead atoms. The van der Waals surface area contributed by atoms with Crippen molar-refractivity contribution in [2.24, 2.45) is 0 Å². The number of thioether (sulfide) groups is 1. The Labute approximate surface area is 144 Å². The SMILES string of the molecule is CSc1cccc2sc(Nc3nnc(-c4ccc(F)cc4)o3)nc12. The van der Waals surface area contributed by atoms with Gasteiger partial charge >= 0.3 is 6.01 Å². The average molecular weight is 358 g/mol. The zero-order valence-electron chi connectivity index (χ0n) is 12.5. The Hall–Kier alpha value is -2.45. The van der Waals surface area contributed by atoms with Crippen molar-refractivity contribution in [3.63, 3.8) is 0 Å². The van der Waals surface area contributed by atoms with Crippen molar-refractivity contribution < 1.29 is 8.81 Å². The van der Waals surface area contributed by atoms with E-state index in [9.17, 15) is 4.39 Å². The molecule has 2 heterocycles. The van der Waals surface area contributed by atoms with E-state index in [1.165, 1.54) is 23.5 Å². The number of nitrogens with one attached hydrogen (secondary N) is 1. The van der Waals surface area contributed by atoms with Gasteiger partial charge in [0, 0.05) is 10.5 Å². The summed E-state index contributed by atoms with van der Waals surface area (Å²) in [7, 11) is 0. The van der Waals surface area contributed by atoms with Crippen LogP contribution >= 0.6 is 23.1 Å². The van der Waals surface area contributed by atoms with Gasteiger partial charge in [-0.1, -0.05) is 22.5 Å². The first-order chi connectivity index (χ1) is 11.7. The standard InChI is InChI=1S/C16H11FN4OS2/c1-23-11-3-2-4-12-13(11)18-16(24-12)19-15-21-20-14(22-15)9-5-7-10(17)8-6-9/h2-8H,1H3,(H,18,19,21). The minimum atomic E-state index is -0.310. The van der Waals surface area contributed by atoms with Crippen LogP contribution in [0.1, 0.15) is 0 Å². The molecule has 2 aromatic carbocycles. The predicted octanol–water partition coefficient (Wildman–Crippen LogP) is 4.95. The van der Waals surface area contributed by atoms with E-state index >= 15 is 0 Å². The van der Waals surface area contributed by atoms with E-state index in [1.54, 1.807) is 23.9 Å². The second kappa shape index (κ2) is 6.21. The van der Waals surface area contributed by atoms with Crippen molar-refractivity contribution in [3.05, 3.63) is 48.3 Å². The lowest BCUT2D eigenvalue weighted by Crippen LogP contribution is -1.88. The molecule has 0 aliphatic heterocycles. The number of hydrogen-bond acceptors (Lipinski definition) is 7. The van der Waals surface area contributed by atoms with Crippen LogP contribution in [0.5, 0.6) is 0 Å². The maximum atomic E-state index is 13.0. The third kappa shape index (κ3) is 2.85. The van der Waals surface area contributed by atoms with Gasteiger partial charge in [-0.15, -0.1) is 16.9 Å². The fourth-order valence-corrected chi connectivity index (χ4v) is 3.73. The highest BCUT2D eigenvalue weighted by molar-refractivity contribution is 7.98. The molecular formula is C16H11FN4OS2. The smallest absolute Gasteiger partial charge is 0.322 e. The maximum Gasteiger partial charge on any atom is 0.322 e. The lowest BCUT2D eigenvalue weighted by atomic mass is 10.2. The fraction of sp³-hybridized carbons (Fsp3) is 0.0625. The first-order valence-electron chi connectivity index (χ1n) is 7.03. The molecule has 8 heteroatoms. The van der Waals surface area contributed by atoms with Crippen LogP contribution in [-0.2, 0) is 0 Å². The molecule has 4 aromatic rings. The van der Waals surface area contributed by atoms with Gasteiger partial charge in [0.15, 0.2) is 5.13 Å². The molecule has 2 aromatic heterocycles. The van der Waals surface area contributed by atoms with Crippen molar-refractivity contribution in [2.75, 3.05) is 11.6 Å². The number of rotatable bonds is 4. The van der Waals surface area contributed by atoms with Gasteiger partial charge in [0.25, 0.3) is 0 Å². The normalized spacial score (nSPS) is 11.1. The van der Waals surface area contributed by atoms with Crippen LogP contribution in [0.15, 0.2) is 51.8 Å². The summed E-state index contributed by atoms with van der Waals surface area (Å²) >= 11 is 3.17. The van der Waals surface area contributed by atoms with Crippen molar-refractivity contribution in [1.29, 1.82) is 0 Å². The van der Waals surface area contributed by atoms with E-state index in [1.807, 2.05) is 24.5 Å². The Morgan fingerprint density at radius 3 is 2.75 bits per heavy atom. The van der Waals surface area contributed by atoms with E-state index in [0.29, 0.717) is 16.6 Å². The van der Waals surface area contributed by atoms with E-state index in [0.717, 1.165) is 15.1 Å². The Morgan fingerprint density at radius 2 is 1.96 bits per heavy atom. The molecule has 0 spiro atoms. The molecule has 0 unspecified atom stereocenters. The second-order valence-electron chi connectivity index (χ2n) is 4.87. The number of aromatic nitrogens is 3. The van der Waals surface area contributed by atoms with Gasteiger partial charge in [0.2, 0.25) is 5.89 Å². The highest BCUT2D eigenvalue weighted by atomic mass is 32.2.